The van der Waals surface area contributed by atoms with Crippen LogP contribution >= 0.6 is 23.2 Å². The molecule has 2 aromatic carbocycles. The molecule has 0 fully saturated rings. The van der Waals surface area contributed by atoms with Crippen LogP contribution in [0.15, 0.2) is 67.0 Å². The average molecular weight is 358 g/mol. The summed E-state index contributed by atoms with van der Waals surface area (Å²) in [7, 11) is 0. The van der Waals surface area contributed by atoms with E-state index in [9.17, 15) is 4.79 Å². The molecule has 0 saturated heterocycles. The maximum absolute atomic E-state index is 12.1. The molecule has 0 spiro atoms. The Kier molecular flexibility index (Phi) is 4.99. The Bertz CT molecular complexity index is 832. The molecule has 1 amide bonds. The van der Waals surface area contributed by atoms with E-state index in [2.05, 4.69) is 15.6 Å². The van der Waals surface area contributed by atoms with Gasteiger partial charge < -0.3 is 10.6 Å². The molecule has 0 aliphatic carbocycles. The summed E-state index contributed by atoms with van der Waals surface area (Å²) in [4.78, 5) is 16.0. The maximum Gasteiger partial charge on any atom is 0.257 e. The number of nitrogens with zero attached hydrogens (tertiary/aromatic N) is 1. The van der Waals surface area contributed by atoms with E-state index in [1.165, 1.54) is 6.20 Å². The van der Waals surface area contributed by atoms with Crippen molar-refractivity contribution in [3.05, 3.63) is 82.6 Å². The standard InChI is InChI=1S/C18H13Cl2N3O/c19-13-8-14(20)10-17(9-13)22-15-3-5-16(6-4-15)23-18(24)12-2-1-7-21-11-12/h1-11,22H,(H,23,24). The monoisotopic (exact) mass is 357 g/mol. The molecule has 0 bridgehead atoms. The summed E-state index contributed by atoms with van der Waals surface area (Å²) >= 11 is 12.0. The Hall–Kier alpha value is -2.56. The summed E-state index contributed by atoms with van der Waals surface area (Å²) in [5, 5.41) is 7.15. The number of halogens is 2. The highest BCUT2D eigenvalue weighted by atomic mass is 35.5. The lowest BCUT2D eigenvalue weighted by atomic mass is 10.2. The zero-order chi connectivity index (χ0) is 16.9. The van der Waals surface area contributed by atoms with Gasteiger partial charge in [0.1, 0.15) is 0 Å². The largest absolute Gasteiger partial charge is 0.355 e. The molecule has 1 heterocycles. The van der Waals surface area contributed by atoms with E-state index < -0.39 is 0 Å². The van der Waals surface area contributed by atoms with E-state index in [1.807, 2.05) is 24.3 Å². The van der Waals surface area contributed by atoms with E-state index >= 15 is 0 Å². The van der Waals surface area contributed by atoms with Crippen molar-refractivity contribution in [3.8, 4) is 0 Å². The minimum Gasteiger partial charge on any atom is -0.355 e. The fourth-order valence-corrected chi connectivity index (χ4v) is 2.66. The number of benzene rings is 2. The highest BCUT2D eigenvalue weighted by Gasteiger charge is 2.05. The normalized spacial score (nSPS) is 10.2. The van der Waals surface area contributed by atoms with Gasteiger partial charge in [-0.2, -0.15) is 0 Å². The number of anilines is 3. The van der Waals surface area contributed by atoms with Crippen LogP contribution in [0, 0.1) is 0 Å². The van der Waals surface area contributed by atoms with Crippen LogP contribution in [-0.4, -0.2) is 10.9 Å². The molecule has 120 valence electrons. The molecule has 0 unspecified atom stereocenters. The Labute approximate surface area is 149 Å². The molecule has 6 heteroatoms. The van der Waals surface area contributed by atoms with Crippen LogP contribution in [0.2, 0.25) is 10.0 Å². The quantitative estimate of drug-likeness (QED) is 0.658. The lowest BCUT2D eigenvalue weighted by molar-refractivity contribution is 0.102. The highest BCUT2D eigenvalue weighted by Crippen LogP contribution is 2.26. The molecule has 3 rings (SSSR count). The fourth-order valence-electron chi connectivity index (χ4n) is 2.13. The van der Waals surface area contributed by atoms with Crippen LogP contribution in [-0.2, 0) is 0 Å². The van der Waals surface area contributed by atoms with Gasteiger partial charge in [-0.3, -0.25) is 9.78 Å². The second kappa shape index (κ2) is 7.34. The molecule has 1 aromatic heterocycles. The van der Waals surface area contributed by atoms with Gasteiger partial charge in [0.2, 0.25) is 0 Å². The highest BCUT2D eigenvalue weighted by molar-refractivity contribution is 6.35. The van der Waals surface area contributed by atoms with Gasteiger partial charge >= 0.3 is 0 Å². The smallest absolute Gasteiger partial charge is 0.257 e. The third-order valence-electron chi connectivity index (χ3n) is 3.22. The topological polar surface area (TPSA) is 54.0 Å². The van der Waals surface area contributed by atoms with Gasteiger partial charge in [0.05, 0.1) is 5.56 Å². The van der Waals surface area contributed by atoms with Crippen molar-refractivity contribution in [1.29, 1.82) is 0 Å². The van der Waals surface area contributed by atoms with Gasteiger partial charge in [-0.05, 0) is 54.6 Å². The van der Waals surface area contributed by atoms with Crippen molar-refractivity contribution in [2.75, 3.05) is 10.6 Å². The van der Waals surface area contributed by atoms with Gasteiger partial charge in [-0.25, -0.2) is 0 Å². The van der Waals surface area contributed by atoms with Crippen molar-refractivity contribution in [1.82, 2.24) is 4.98 Å². The van der Waals surface area contributed by atoms with E-state index in [1.54, 1.807) is 36.5 Å². The van der Waals surface area contributed by atoms with Crippen molar-refractivity contribution in [2.24, 2.45) is 0 Å². The summed E-state index contributed by atoms with van der Waals surface area (Å²) in [6.45, 7) is 0. The number of nitrogens with one attached hydrogen (secondary N) is 2. The van der Waals surface area contributed by atoms with Crippen molar-refractivity contribution >= 4 is 46.2 Å². The number of aromatic nitrogens is 1. The lowest BCUT2D eigenvalue weighted by Crippen LogP contribution is -2.11. The van der Waals surface area contributed by atoms with Gasteiger partial charge in [-0.15, -0.1) is 0 Å². The zero-order valence-electron chi connectivity index (χ0n) is 12.5. The van der Waals surface area contributed by atoms with Crippen LogP contribution in [0.5, 0.6) is 0 Å². The number of carbonyl (C=O) groups is 1. The summed E-state index contributed by atoms with van der Waals surface area (Å²) in [6.07, 6.45) is 3.15. The number of carbonyl (C=O) groups excluding carboxylic acids is 1. The van der Waals surface area contributed by atoms with Crippen LogP contribution in [0.1, 0.15) is 10.4 Å². The van der Waals surface area contributed by atoms with E-state index in [-0.39, 0.29) is 5.91 Å². The van der Waals surface area contributed by atoms with Crippen molar-refractivity contribution in [2.45, 2.75) is 0 Å². The molecule has 24 heavy (non-hydrogen) atoms. The molecular formula is C18H13Cl2N3O. The van der Waals surface area contributed by atoms with E-state index in [0.717, 1.165) is 11.4 Å². The molecule has 0 atom stereocenters. The van der Waals surface area contributed by atoms with Gasteiger partial charge in [-0.1, -0.05) is 23.2 Å². The van der Waals surface area contributed by atoms with Gasteiger partial charge in [0.25, 0.3) is 5.91 Å². The first-order chi connectivity index (χ1) is 11.6. The SMILES string of the molecule is O=C(Nc1ccc(Nc2cc(Cl)cc(Cl)c2)cc1)c1cccnc1. The molecule has 0 aliphatic heterocycles. The number of rotatable bonds is 4. The molecule has 4 nitrogen and oxygen atoms in total. The number of amides is 1. The predicted molar refractivity (Wildman–Crippen MR) is 98.4 cm³/mol. The van der Waals surface area contributed by atoms with Crippen LogP contribution in [0.3, 0.4) is 0 Å². The Morgan fingerprint density at radius 2 is 1.54 bits per heavy atom. The molecule has 0 radical (unpaired) electrons. The Morgan fingerprint density at radius 1 is 0.875 bits per heavy atom. The first-order valence-corrected chi connectivity index (χ1v) is 7.90. The first-order valence-electron chi connectivity index (χ1n) is 7.15. The summed E-state index contributed by atoms with van der Waals surface area (Å²) < 4.78 is 0. The van der Waals surface area contributed by atoms with Gasteiger partial charge in [0.15, 0.2) is 0 Å². The van der Waals surface area contributed by atoms with E-state index in [0.29, 0.717) is 21.3 Å². The fraction of sp³-hybridized carbons (Fsp3) is 0. The third kappa shape index (κ3) is 4.25. The molecule has 0 saturated carbocycles. The summed E-state index contributed by atoms with van der Waals surface area (Å²) in [5.41, 5.74) is 2.85. The Balaban J connectivity index is 1.68. The molecule has 2 N–H and O–H groups in total. The summed E-state index contributed by atoms with van der Waals surface area (Å²) in [5.74, 6) is -0.203. The third-order valence-corrected chi connectivity index (χ3v) is 3.65. The molecule has 0 aliphatic rings. The zero-order valence-corrected chi connectivity index (χ0v) is 14.0. The van der Waals surface area contributed by atoms with Crippen LogP contribution < -0.4 is 10.6 Å². The number of hydrogen-bond acceptors (Lipinski definition) is 3. The second-order valence-corrected chi connectivity index (χ2v) is 5.93. The molecule has 3 aromatic rings. The van der Waals surface area contributed by atoms with E-state index in [4.69, 9.17) is 23.2 Å². The van der Waals surface area contributed by atoms with Crippen molar-refractivity contribution in [3.63, 3.8) is 0 Å². The minimum atomic E-state index is -0.203. The average Bonchev–Trinajstić information content (AvgIpc) is 2.56. The van der Waals surface area contributed by atoms with Gasteiger partial charge in [0, 0.05) is 39.5 Å². The Morgan fingerprint density at radius 3 is 2.17 bits per heavy atom. The first kappa shape index (κ1) is 16.3. The second-order valence-electron chi connectivity index (χ2n) is 5.06. The van der Waals surface area contributed by atoms with Crippen LogP contribution in [0.4, 0.5) is 17.1 Å². The molecular weight excluding hydrogens is 345 g/mol. The van der Waals surface area contributed by atoms with Crippen molar-refractivity contribution < 1.29 is 4.79 Å². The minimum absolute atomic E-state index is 0.203. The predicted octanol–water partition coefficient (Wildman–Crippen LogP) is 5.38. The summed E-state index contributed by atoms with van der Waals surface area (Å²) in [6, 6.07) is 16.0. The lowest BCUT2D eigenvalue weighted by Gasteiger charge is -2.09. The maximum atomic E-state index is 12.1. The number of hydrogen-bond donors (Lipinski definition) is 2. The van der Waals surface area contributed by atoms with Crippen LogP contribution in [0.25, 0.3) is 0 Å². The number of pyridine rings is 1.